The number of benzene rings is 2. The van der Waals surface area contributed by atoms with Gasteiger partial charge in [0.1, 0.15) is 18.0 Å². The number of carbonyl (C=O) groups excluding carboxylic acids is 2. The molecule has 0 atom stereocenters. The zero-order chi connectivity index (χ0) is 22.9. The molecular weight excluding hydrogens is 426 g/mol. The van der Waals surface area contributed by atoms with Gasteiger partial charge in [0.05, 0.1) is 32.4 Å². The monoisotopic (exact) mass is 449 g/mol. The number of hydrazone groups is 1. The van der Waals surface area contributed by atoms with E-state index in [0.717, 1.165) is 10.6 Å². The highest BCUT2D eigenvalue weighted by Gasteiger charge is 2.23. The molecule has 2 aromatic rings. The topological polar surface area (TPSA) is 124 Å². The van der Waals surface area contributed by atoms with Crippen LogP contribution in [0.15, 0.2) is 53.6 Å². The highest BCUT2D eigenvalue weighted by atomic mass is 32.2. The number of methoxy groups -OCH3 is 2. The number of sulfonamides is 1. The summed E-state index contributed by atoms with van der Waals surface area (Å²) in [7, 11) is -1.07. The van der Waals surface area contributed by atoms with E-state index in [1.165, 1.54) is 20.4 Å². The van der Waals surface area contributed by atoms with Gasteiger partial charge >= 0.3 is 5.97 Å². The van der Waals surface area contributed by atoms with Gasteiger partial charge in [0.15, 0.2) is 6.61 Å². The summed E-state index contributed by atoms with van der Waals surface area (Å²) in [5, 5.41) is 3.84. The maximum atomic E-state index is 12.3. The van der Waals surface area contributed by atoms with Crippen LogP contribution in [0.4, 0.5) is 5.69 Å². The first-order valence-corrected chi connectivity index (χ1v) is 10.8. The van der Waals surface area contributed by atoms with Crippen molar-refractivity contribution in [2.75, 3.05) is 37.9 Å². The number of amides is 1. The summed E-state index contributed by atoms with van der Waals surface area (Å²) in [6.07, 6.45) is 2.38. The van der Waals surface area contributed by atoms with E-state index in [2.05, 4.69) is 15.3 Å². The van der Waals surface area contributed by atoms with Crippen LogP contribution in [0.3, 0.4) is 0 Å². The third-order valence-electron chi connectivity index (χ3n) is 3.91. The summed E-state index contributed by atoms with van der Waals surface area (Å²) < 4.78 is 40.2. The van der Waals surface area contributed by atoms with Crippen molar-refractivity contribution in [3.8, 4) is 11.5 Å². The third-order valence-corrected chi connectivity index (χ3v) is 5.04. The Hall–Kier alpha value is -3.60. The normalized spacial score (nSPS) is 11.1. The van der Waals surface area contributed by atoms with Gasteiger partial charge in [-0.15, -0.1) is 0 Å². The van der Waals surface area contributed by atoms with Crippen LogP contribution in [0.1, 0.15) is 5.56 Å². The average molecular weight is 449 g/mol. The largest absolute Gasteiger partial charge is 0.495 e. The fourth-order valence-electron chi connectivity index (χ4n) is 2.41. The molecule has 11 heteroatoms. The predicted octanol–water partition coefficient (Wildman–Crippen LogP) is 1.16. The number of rotatable bonds is 10. The molecule has 0 radical (unpaired) electrons. The SMILES string of the molecule is COC(=O)COc1ccc(/C=N\NC(=O)CN(c2ccccc2OC)S(C)(=O)=O)cc1. The Morgan fingerprint density at radius 1 is 1.10 bits per heavy atom. The summed E-state index contributed by atoms with van der Waals surface area (Å²) in [4.78, 5) is 23.3. The molecule has 0 aromatic heterocycles. The van der Waals surface area contributed by atoms with E-state index in [1.807, 2.05) is 0 Å². The van der Waals surface area contributed by atoms with Crippen LogP contribution in [0, 0.1) is 0 Å². The van der Waals surface area contributed by atoms with Crippen molar-refractivity contribution in [3.63, 3.8) is 0 Å². The predicted molar refractivity (Wildman–Crippen MR) is 115 cm³/mol. The van der Waals surface area contributed by atoms with Crippen LogP contribution >= 0.6 is 0 Å². The molecule has 0 saturated heterocycles. The van der Waals surface area contributed by atoms with E-state index >= 15 is 0 Å². The van der Waals surface area contributed by atoms with Crippen LogP contribution < -0.4 is 19.2 Å². The number of nitrogens with one attached hydrogen (secondary N) is 1. The molecule has 0 aliphatic rings. The first kappa shape index (κ1) is 23.7. The first-order chi connectivity index (χ1) is 14.7. The minimum atomic E-state index is -3.75. The summed E-state index contributed by atoms with van der Waals surface area (Å²) >= 11 is 0. The van der Waals surface area contributed by atoms with Crippen LogP contribution in [0.25, 0.3) is 0 Å². The van der Waals surface area contributed by atoms with Crippen molar-refractivity contribution >= 4 is 33.8 Å². The Morgan fingerprint density at radius 3 is 2.39 bits per heavy atom. The second-order valence-corrected chi connectivity index (χ2v) is 8.08. The lowest BCUT2D eigenvalue weighted by atomic mass is 10.2. The molecule has 0 saturated carbocycles. The Kier molecular flexibility index (Phi) is 8.38. The Morgan fingerprint density at radius 2 is 1.77 bits per heavy atom. The van der Waals surface area contributed by atoms with Gasteiger partial charge in [-0.2, -0.15) is 5.10 Å². The van der Waals surface area contributed by atoms with Gasteiger partial charge in [0, 0.05) is 0 Å². The van der Waals surface area contributed by atoms with Gasteiger partial charge in [-0.05, 0) is 42.0 Å². The van der Waals surface area contributed by atoms with Crippen molar-refractivity contribution < 1.29 is 32.2 Å². The molecule has 1 amide bonds. The highest BCUT2D eigenvalue weighted by molar-refractivity contribution is 7.92. The fourth-order valence-corrected chi connectivity index (χ4v) is 3.27. The smallest absolute Gasteiger partial charge is 0.343 e. The van der Waals surface area contributed by atoms with E-state index in [9.17, 15) is 18.0 Å². The molecule has 0 fully saturated rings. The number of nitrogens with zero attached hydrogens (tertiary/aromatic N) is 2. The number of hydrogen-bond donors (Lipinski definition) is 1. The molecule has 0 aliphatic heterocycles. The van der Waals surface area contributed by atoms with Gasteiger partial charge in [-0.1, -0.05) is 12.1 Å². The molecule has 10 nitrogen and oxygen atoms in total. The number of para-hydroxylation sites is 2. The molecule has 2 rings (SSSR count). The maximum absolute atomic E-state index is 12.3. The first-order valence-electron chi connectivity index (χ1n) is 8.97. The lowest BCUT2D eigenvalue weighted by Crippen LogP contribution is -2.39. The number of esters is 1. The summed E-state index contributed by atoms with van der Waals surface area (Å²) in [5.74, 6) is -0.346. The lowest BCUT2D eigenvalue weighted by Gasteiger charge is -2.23. The van der Waals surface area contributed by atoms with E-state index in [1.54, 1.807) is 48.5 Å². The Labute approximate surface area is 180 Å². The fraction of sp³-hybridized carbons (Fsp3) is 0.250. The standard InChI is InChI=1S/C20H23N3O7S/c1-28-18-7-5-4-6-17(18)23(31(3,26)27)13-19(24)22-21-12-15-8-10-16(11-9-15)30-14-20(25)29-2/h4-12H,13-14H2,1-3H3,(H,22,24)/b21-12-. The molecule has 0 bridgehead atoms. The molecular formula is C20H23N3O7S. The van der Waals surface area contributed by atoms with E-state index in [0.29, 0.717) is 17.1 Å². The molecule has 0 unspecified atom stereocenters. The Bertz CT molecular complexity index is 1040. The number of anilines is 1. The van der Waals surface area contributed by atoms with E-state index in [-0.39, 0.29) is 12.3 Å². The van der Waals surface area contributed by atoms with Gasteiger partial charge in [0.25, 0.3) is 5.91 Å². The molecule has 166 valence electrons. The van der Waals surface area contributed by atoms with Crippen LogP contribution in [-0.4, -0.2) is 60.1 Å². The second kappa shape index (κ2) is 11.0. The zero-order valence-electron chi connectivity index (χ0n) is 17.3. The highest BCUT2D eigenvalue weighted by Crippen LogP contribution is 2.29. The van der Waals surface area contributed by atoms with Crippen molar-refractivity contribution in [2.45, 2.75) is 0 Å². The Balaban J connectivity index is 1.99. The zero-order valence-corrected chi connectivity index (χ0v) is 18.1. The lowest BCUT2D eigenvalue weighted by molar-refractivity contribution is -0.142. The van der Waals surface area contributed by atoms with Gasteiger partial charge < -0.3 is 14.2 Å². The molecule has 2 aromatic carbocycles. The molecule has 0 heterocycles. The van der Waals surface area contributed by atoms with Crippen LogP contribution in [0.5, 0.6) is 11.5 Å². The third kappa shape index (κ3) is 7.30. The molecule has 31 heavy (non-hydrogen) atoms. The molecule has 1 N–H and O–H groups in total. The quantitative estimate of drug-likeness (QED) is 0.328. The summed E-state index contributed by atoms with van der Waals surface area (Å²) in [5.41, 5.74) is 3.19. The maximum Gasteiger partial charge on any atom is 0.343 e. The summed E-state index contributed by atoms with van der Waals surface area (Å²) in [6, 6.07) is 13.1. The summed E-state index contributed by atoms with van der Waals surface area (Å²) in [6.45, 7) is -0.681. The van der Waals surface area contributed by atoms with Crippen molar-refractivity contribution in [1.29, 1.82) is 0 Å². The molecule has 0 aliphatic carbocycles. The van der Waals surface area contributed by atoms with Crippen molar-refractivity contribution in [2.24, 2.45) is 5.10 Å². The van der Waals surface area contributed by atoms with Gasteiger partial charge in [-0.25, -0.2) is 18.6 Å². The van der Waals surface area contributed by atoms with E-state index in [4.69, 9.17) is 9.47 Å². The average Bonchev–Trinajstić information content (AvgIpc) is 2.76. The number of ether oxygens (including phenoxy) is 3. The minimum absolute atomic E-state index is 0.205. The van der Waals surface area contributed by atoms with Gasteiger partial charge in [-0.3, -0.25) is 9.10 Å². The van der Waals surface area contributed by atoms with E-state index < -0.39 is 28.4 Å². The minimum Gasteiger partial charge on any atom is -0.495 e. The van der Waals surface area contributed by atoms with Crippen LogP contribution in [-0.2, 0) is 24.3 Å². The van der Waals surface area contributed by atoms with Crippen LogP contribution in [0.2, 0.25) is 0 Å². The number of carbonyl (C=O) groups is 2. The van der Waals surface area contributed by atoms with Crippen molar-refractivity contribution in [1.82, 2.24) is 5.43 Å². The molecule has 0 spiro atoms. The number of hydrogen-bond acceptors (Lipinski definition) is 8. The second-order valence-electron chi connectivity index (χ2n) is 6.17. The van der Waals surface area contributed by atoms with Gasteiger partial charge in [0.2, 0.25) is 10.0 Å². The van der Waals surface area contributed by atoms with Crippen molar-refractivity contribution in [3.05, 3.63) is 54.1 Å².